The topological polar surface area (TPSA) is 81.1 Å². The van der Waals surface area contributed by atoms with Gasteiger partial charge in [0.25, 0.3) is 11.8 Å². The van der Waals surface area contributed by atoms with Gasteiger partial charge in [-0.1, -0.05) is 18.2 Å². The van der Waals surface area contributed by atoms with E-state index in [0.717, 1.165) is 10.5 Å². The number of carbonyl (C=O) groups excluding carboxylic acids is 2. The molecule has 0 aliphatic rings. The van der Waals surface area contributed by atoms with Crippen LogP contribution in [0, 0.1) is 6.92 Å². The van der Waals surface area contributed by atoms with E-state index in [1.807, 2.05) is 44.2 Å². The van der Waals surface area contributed by atoms with Gasteiger partial charge in [-0.15, -0.1) is 0 Å². The molecule has 7 heteroatoms. The molecule has 0 fully saturated rings. The SMILES string of the molecule is CC[NH+](CC(=O)Nc1ccccc1OC)CC(=O)Nc1cc(C)ccc1OC. The zero-order chi connectivity index (χ0) is 20.5. The van der Waals surface area contributed by atoms with Crippen LogP contribution in [0.3, 0.4) is 0 Å². The first-order chi connectivity index (χ1) is 13.5. The van der Waals surface area contributed by atoms with Gasteiger partial charge in [-0.05, 0) is 43.7 Å². The molecule has 2 aromatic rings. The van der Waals surface area contributed by atoms with Crippen LogP contribution in [-0.2, 0) is 9.59 Å². The van der Waals surface area contributed by atoms with E-state index >= 15 is 0 Å². The first-order valence-corrected chi connectivity index (χ1v) is 9.17. The van der Waals surface area contributed by atoms with Crippen molar-refractivity contribution in [2.75, 3.05) is 44.5 Å². The number of methoxy groups -OCH3 is 2. The number of benzene rings is 2. The van der Waals surface area contributed by atoms with Gasteiger partial charge in [0, 0.05) is 0 Å². The number of rotatable bonds is 9. The smallest absolute Gasteiger partial charge is 0.279 e. The van der Waals surface area contributed by atoms with Crippen LogP contribution in [0.4, 0.5) is 11.4 Å². The van der Waals surface area contributed by atoms with E-state index in [4.69, 9.17) is 9.47 Å². The summed E-state index contributed by atoms with van der Waals surface area (Å²) >= 11 is 0. The molecule has 3 N–H and O–H groups in total. The Balaban J connectivity index is 1.95. The summed E-state index contributed by atoms with van der Waals surface area (Å²) in [7, 11) is 3.12. The van der Waals surface area contributed by atoms with Crippen LogP contribution in [0.25, 0.3) is 0 Å². The molecule has 1 unspecified atom stereocenters. The minimum absolute atomic E-state index is 0.174. The lowest BCUT2D eigenvalue weighted by atomic mass is 10.2. The maximum absolute atomic E-state index is 12.5. The quantitative estimate of drug-likeness (QED) is 0.610. The van der Waals surface area contributed by atoms with Crippen LogP contribution in [0.5, 0.6) is 11.5 Å². The Morgan fingerprint density at radius 2 is 1.46 bits per heavy atom. The largest absolute Gasteiger partial charge is 0.495 e. The molecule has 0 saturated carbocycles. The molecule has 7 nitrogen and oxygen atoms in total. The highest BCUT2D eigenvalue weighted by Gasteiger charge is 2.18. The van der Waals surface area contributed by atoms with Crippen LogP contribution in [0.1, 0.15) is 12.5 Å². The predicted octanol–water partition coefficient (Wildman–Crippen LogP) is 1.49. The number of nitrogens with one attached hydrogen (secondary N) is 3. The van der Waals surface area contributed by atoms with E-state index in [2.05, 4.69) is 10.6 Å². The number of anilines is 2. The summed E-state index contributed by atoms with van der Waals surface area (Å²) in [6, 6.07) is 12.8. The number of ether oxygens (including phenoxy) is 2. The van der Waals surface area contributed by atoms with E-state index in [1.54, 1.807) is 26.4 Å². The molecule has 150 valence electrons. The van der Waals surface area contributed by atoms with Crippen molar-refractivity contribution in [3.63, 3.8) is 0 Å². The van der Waals surface area contributed by atoms with Crippen molar-refractivity contribution in [2.24, 2.45) is 0 Å². The average Bonchev–Trinajstić information content (AvgIpc) is 2.68. The first-order valence-electron chi connectivity index (χ1n) is 9.17. The summed E-state index contributed by atoms with van der Waals surface area (Å²) in [6.07, 6.45) is 0. The number of hydrogen-bond donors (Lipinski definition) is 3. The van der Waals surface area contributed by atoms with Gasteiger partial charge in [-0.25, -0.2) is 0 Å². The molecule has 2 rings (SSSR count). The van der Waals surface area contributed by atoms with Crippen molar-refractivity contribution in [3.05, 3.63) is 48.0 Å². The summed E-state index contributed by atoms with van der Waals surface area (Å²) in [5, 5.41) is 5.71. The Morgan fingerprint density at radius 1 is 0.893 bits per heavy atom. The molecule has 28 heavy (non-hydrogen) atoms. The lowest BCUT2D eigenvalue weighted by molar-refractivity contribution is -0.881. The van der Waals surface area contributed by atoms with E-state index in [-0.39, 0.29) is 24.9 Å². The Bertz CT molecular complexity index is 823. The van der Waals surface area contributed by atoms with Gasteiger partial charge in [0.05, 0.1) is 32.1 Å². The fourth-order valence-electron chi connectivity index (χ4n) is 2.82. The van der Waals surface area contributed by atoms with Crippen molar-refractivity contribution in [1.29, 1.82) is 0 Å². The molecular weight excluding hydrogens is 358 g/mol. The number of para-hydroxylation sites is 2. The monoisotopic (exact) mass is 386 g/mol. The first kappa shape index (κ1) is 21.2. The fourth-order valence-corrected chi connectivity index (χ4v) is 2.82. The average molecular weight is 386 g/mol. The molecule has 0 aromatic heterocycles. The van der Waals surface area contributed by atoms with Crippen LogP contribution in [0.15, 0.2) is 42.5 Å². The summed E-state index contributed by atoms with van der Waals surface area (Å²) in [5.41, 5.74) is 2.26. The van der Waals surface area contributed by atoms with Crippen molar-refractivity contribution in [3.8, 4) is 11.5 Å². The van der Waals surface area contributed by atoms with Gasteiger partial charge in [0.15, 0.2) is 13.1 Å². The van der Waals surface area contributed by atoms with Gasteiger partial charge in [0.2, 0.25) is 0 Å². The van der Waals surface area contributed by atoms with Crippen molar-refractivity contribution in [2.45, 2.75) is 13.8 Å². The maximum Gasteiger partial charge on any atom is 0.279 e. The normalized spacial score (nSPS) is 11.4. The predicted molar refractivity (Wildman–Crippen MR) is 109 cm³/mol. The molecule has 1 atom stereocenters. The highest BCUT2D eigenvalue weighted by Crippen LogP contribution is 2.25. The second-order valence-corrected chi connectivity index (χ2v) is 6.46. The molecule has 0 spiro atoms. The molecule has 0 saturated heterocycles. The molecule has 2 aromatic carbocycles. The van der Waals surface area contributed by atoms with Crippen LogP contribution in [-0.4, -0.2) is 45.7 Å². The number of quaternary nitrogens is 1. The number of carbonyl (C=O) groups is 2. The summed E-state index contributed by atoms with van der Waals surface area (Å²) in [4.78, 5) is 25.7. The lowest BCUT2D eigenvalue weighted by Crippen LogP contribution is -3.13. The summed E-state index contributed by atoms with van der Waals surface area (Å²) in [5.74, 6) is 0.845. The highest BCUT2D eigenvalue weighted by molar-refractivity contribution is 5.94. The minimum atomic E-state index is -0.178. The van der Waals surface area contributed by atoms with Gasteiger partial charge >= 0.3 is 0 Å². The fraction of sp³-hybridized carbons (Fsp3) is 0.333. The Morgan fingerprint density at radius 3 is 2.07 bits per heavy atom. The molecular formula is C21H28N3O4+. The molecule has 0 aliphatic carbocycles. The molecule has 0 radical (unpaired) electrons. The van der Waals surface area contributed by atoms with Crippen LogP contribution >= 0.6 is 0 Å². The number of aryl methyl sites for hydroxylation is 1. The third-order valence-electron chi connectivity index (χ3n) is 4.33. The van der Waals surface area contributed by atoms with Gasteiger partial charge in [-0.3, -0.25) is 9.59 Å². The number of likely N-dealkylation sites (N-methyl/N-ethyl adjacent to an activating group) is 1. The second kappa shape index (κ2) is 10.3. The Kier molecular flexibility index (Phi) is 7.83. The van der Waals surface area contributed by atoms with E-state index in [1.165, 1.54) is 0 Å². The van der Waals surface area contributed by atoms with Gasteiger partial charge in [-0.2, -0.15) is 0 Å². The lowest BCUT2D eigenvalue weighted by Gasteiger charge is -2.18. The maximum atomic E-state index is 12.5. The van der Waals surface area contributed by atoms with Crippen molar-refractivity contribution < 1.29 is 24.0 Å². The van der Waals surface area contributed by atoms with E-state index in [9.17, 15) is 9.59 Å². The van der Waals surface area contributed by atoms with Crippen molar-refractivity contribution in [1.82, 2.24) is 0 Å². The number of hydrogen-bond acceptors (Lipinski definition) is 4. The minimum Gasteiger partial charge on any atom is -0.495 e. The summed E-state index contributed by atoms with van der Waals surface area (Å²) < 4.78 is 10.5. The summed E-state index contributed by atoms with van der Waals surface area (Å²) in [6.45, 7) is 4.87. The zero-order valence-electron chi connectivity index (χ0n) is 16.8. The molecule has 2 amide bonds. The third kappa shape index (κ3) is 5.99. The number of amides is 2. The van der Waals surface area contributed by atoms with Crippen molar-refractivity contribution >= 4 is 23.2 Å². The van der Waals surface area contributed by atoms with E-state index < -0.39 is 0 Å². The second-order valence-electron chi connectivity index (χ2n) is 6.46. The molecule has 0 heterocycles. The third-order valence-corrected chi connectivity index (χ3v) is 4.33. The standard InChI is InChI=1S/C21H27N3O4/c1-5-24(13-20(25)22-16-8-6-7-9-18(16)27-3)14-21(26)23-17-12-15(2)10-11-19(17)28-4/h6-12H,5,13-14H2,1-4H3,(H,22,25)(H,23,26)/p+1. The van der Waals surface area contributed by atoms with Crippen LogP contribution in [0.2, 0.25) is 0 Å². The molecule has 0 aliphatic heterocycles. The zero-order valence-corrected chi connectivity index (χ0v) is 16.8. The molecule has 0 bridgehead atoms. The van der Waals surface area contributed by atoms with Gasteiger partial charge < -0.3 is 25.0 Å². The van der Waals surface area contributed by atoms with Gasteiger partial charge in [0.1, 0.15) is 11.5 Å². The Labute approximate surface area is 165 Å². The van der Waals surface area contributed by atoms with Crippen LogP contribution < -0.4 is 25.0 Å². The Hall–Kier alpha value is -3.06. The van der Waals surface area contributed by atoms with E-state index in [0.29, 0.717) is 29.4 Å². The highest BCUT2D eigenvalue weighted by atomic mass is 16.5.